The van der Waals surface area contributed by atoms with E-state index in [4.69, 9.17) is 0 Å². The minimum atomic E-state index is -0.244. The van der Waals surface area contributed by atoms with Crippen molar-refractivity contribution >= 4 is 16.8 Å². The molecule has 4 rings (SSSR count). The predicted octanol–water partition coefficient (Wildman–Crippen LogP) is 3.49. The first-order valence-corrected chi connectivity index (χ1v) is 10.3. The lowest BCUT2D eigenvalue weighted by molar-refractivity contribution is 0.0864. The van der Waals surface area contributed by atoms with Crippen LogP contribution in [-0.2, 0) is 0 Å². The maximum atomic E-state index is 13.1. The number of carbonyl (C=O) groups is 1. The molecule has 2 aliphatic rings. The monoisotopic (exact) mass is 379 g/mol. The summed E-state index contributed by atoms with van der Waals surface area (Å²) < 4.78 is 1.72. The number of rotatable bonds is 5. The van der Waals surface area contributed by atoms with E-state index in [-0.39, 0.29) is 29.1 Å². The molecule has 1 unspecified atom stereocenters. The Hall–Kier alpha value is -2.40. The molecule has 2 aromatic rings. The molecule has 3 heterocycles. The highest BCUT2D eigenvalue weighted by molar-refractivity contribution is 5.97. The lowest BCUT2D eigenvalue weighted by atomic mass is 9.97. The molecule has 1 aromatic carbocycles. The summed E-state index contributed by atoms with van der Waals surface area (Å²) in [5.41, 5.74) is 0.904. The van der Waals surface area contributed by atoms with Gasteiger partial charge in [-0.05, 0) is 57.0 Å². The normalized spacial score (nSPS) is 24.6. The van der Waals surface area contributed by atoms with E-state index in [1.54, 1.807) is 10.6 Å². The van der Waals surface area contributed by atoms with Crippen molar-refractivity contribution in [1.29, 1.82) is 0 Å². The minimum absolute atomic E-state index is 0.0110. The number of amides is 1. The van der Waals surface area contributed by atoms with Gasteiger partial charge in [-0.1, -0.05) is 24.3 Å². The van der Waals surface area contributed by atoms with E-state index >= 15 is 0 Å². The lowest BCUT2D eigenvalue weighted by Crippen LogP contribution is -2.51. The third-order valence-corrected chi connectivity index (χ3v) is 6.27. The fourth-order valence-corrected chi connectivity index (χ4v) is 5.06. The van der Waals surface area contributed by atoms with Crippen LogP contribution in [0, 0.1) is 0 Å². The SMILES string of the molecule is C=CCN1[C@@H]2CC[C@H]1CC(NC(=O)c1cc3ccccc3n(C(C)C)c1=O)C2. The molecule has 0 saturated carbocycles. The van der Waals surface area contributed by atoms with E-state index in [1.165, 1.54) is 12.8 Å². The molecule has 1 aromatic heterocycles. The molecule has 0 radical (unpaired) electrons. The number of nitrogens with zero attached hydrogens (tertiary/aromatic N) is 2. The summed E-state index contributed by atoms with van der Waals surface area (Å²) in [4.78, 5) is 28.6. The van der Waals surface area contributed by atoms with Crippen molar-refractivity contribution in [3.8, 4) is 0 Å². The van der Waals surface area contributed by atoms with Crippen LogP contribution in [0.25, 0.3) is 10.9 Å². The molecule has 2 saturated heterocycles. The summed E-state index contributed by atoms with van der Waals surface area (Å²) in [6.45, 7) is 8.73. The van der Waals surface area contributed by atoms with Crippen LogP contribution >= 0.6 is 0 Å². The highest BCUT2D eigenvalue weighted by Gasteiger charge is 2.40. The van der Waals surface area contributed by atoms with Crippen LogP contribution in [0.1, 0.15) is 55.9 Å². The van der Waals surface area contributed by atoms with Crippen LogP contribution in [0.3, 0.4) is 0 Å². The predicted molar refractivity (Wildman–Crippen MR) is 113 cm³/mol. The molecule has 148 valence electrons. The van der Waals surface area contributed by atoms with Crippen molar-refractivity contribution in [1.82, 2.24) is 14.8 Å². The van der Waals surface area contributed by atoms with Gasteiger partial charge in [-0.3, -0.25) is 14.5 Å². The van der Waals surface area contributed by atoms with Gasteiger partial charge >= 0.3 is 0 Å². The van der Waals surface area contributed by atoms with E-state index < -0.39 is 0 Å². The zero-order chi connectivity index (χ0) is 19.8. The van der Waals surface area contributed by atoms with Crippen LogP contribution in [0.2, 0.25) is 0 Å². The first kappa shape index (κ1) is 18.9. The second-order valence-corrected chi connectivity index (χ2v) is 8.40. The smallest absolute Gasteiger partial charge is 0.264 e. The fraction of sp³-hybridized carbons (Fsp3) is 0.478. The molecule has 28 heavy (non-hydrogen) atoms. The molecule has 0 spiro atoms. The van der Waals surface area contributed by atoms with Crippen LogP contribution in [0.5, 0.6) is 0 Å². The average molecular weight is 380 g/mol. The number of carbonyl (C=O) groups excluding carboxylic acids is 1. The minimum Gasteiger partial charge on any atom is -0.349 e. The number of fused-ring (bicyclic) bond motifs is 3. The van der Waals surface area contributed by atoms with Crippen molar-refractivity contribution in [2.24, 2.45) is 0 Å². The van der Waals surface area contributed by atoms with Gasteiger partial charge in [-0.25, -0.2) is 0 Å². The summed E-state index contributed by atoms with van der Waals surface area (Å²) in [6, 6.07) is 10.6. The molecule has 1 amide bonds. The Kier molecular flexibility index (Phi) is 5.11. The summed E-state index contributed by atoms with van der Waals surface area (Å²) in [5.74, 6) is -0.244. The maximum Gasteiger partial charge on any atom is 0.264 e. The first-order chi connectivity index (χ1) is 13.5. The van der Waals surface area contributed by atoms with Gasteiger partial charge in [0, 0.05) is 30.7 Å². The number of piperidine rings is 1. The molecule has 2 aliphatic heterocycles. The van der Waals surface area contributed by atoms with Gasteiger partial charge in [0.05, 0.1) is 5.52 Å². The van der Waals surface area contributed by atoms with E-state index in [0.29, 0.717) is 12.1 Å². The summed E-state index contributed by atoms with van der Waals surface area (Å²) >= 11 is 0. The molecule has 2 bridgehead atoms. The Morgan fingerprint density at radius 2 is 1.93 bits per heavy atom. The number of hydrogen-bond acceptors (Lipinski definition) is 3. The van der Waals surface area contributed by atoms with E-state index in [9.17, 15) is 9.59 Å². The zero-order valence-electron chi connectivity index (χ0n) is 16.7. The second-order valence-electron chi connectivity index (χ2n) is 8.40. The number of hydrogen-bond donors (Lipinski definition) is 1. The lowest BCUT2D eigenvalue weighted by Gasteiger charge is -2.38. The summed E-state index contributed by atoms with van der Waals surface area (Å²) in [6.07, 6.45) is 6.22. The van der Waals surface area contributed by atoms with Crippen LogP contribution < -0.4 is 10.9 Å². The standard InChI is InChI=1S/C23H29N3O2/c1-4-11-25-18-9-10-19(25)14-17(13-18)24-22(27)20-12-16-7-5-6-8-21(16)26(15(2)3)23(20)28/h4-8,12,15,17-19H,1,9-11,13-14H2,2-3H3,(H,24,27)/t17?,18-,19+. The molecule has 1 N–H and O–H groups in total. The Morgan fingerprint density at radius 3 is 2.57 bits per heavy atom. The van der Waals surface area contributed by atoms with Crippen molar-refractivity contribution in [3.63, 3.8) is 0 Å². The van der Waals surface area contributed by atoms with E-state index in [0.717, 1.165) is 30.3 Å². The highest BCUT2D eigenvalue weighted by Crippen LogP contribution is 2.35. The third kappa shape index (κ3) is 3.28. The number of aromatic nitrogens is 1. The quantitative estimate of drug-likeness (QED) is 0.809. The molecule has 2 fully saturated rings. The summed E-state index contributed by atoms with van der Waals surface area (Å²) in [5, 5.41) is 4.08. The molecule has 5 heteroatoms. The first-order valence-electron chi connectivity index (χ1n) is 10.3. The van der Waals surface area contributed by atoms with E-state index in [1.807, 2.05) is 44.2 Å². The zero-order valence-corrected chi connectivity index (χ0v) is 16.7. The van der Waals surface area contributed by atoms with Gasteiger partial charge in [-0.15, -0.1) is 6.58 Å². The number of para-hydroxylation sites is 1. The third-order valence-electron chi connectivity index (χ3n) is 6.27. The van der Waals surface area contributed by atoms with Crippen LogP contribution in [0.15, 0.2) is 47.8 Å². The Balaban J connectivity index is 1.59. The van der Waals surface area contributed by atoms with Gasteiger partial charge in [0.25, 0.3) is 11.5 Å². The molecule has 5 nitrogen and oxygen atoms in total. The van der Waals surface area contributed by atoms with Gasteiger partial charge < -0.3 is 9.88 Å². The fourth-order valence-electron chi connectivity index (χ4n) is 5.06. The maximum absolute atomic E-state index is 13.1. The van der Waals surface area contributed by atoms with E-state index in [2.05, 4.69) is 16.8 Å². The van der Waals surface area contributed by atoms with Crippen molar-refractivity contribution in [2.45, 2.75) is 63.7 Å². The molecule has 0 aliphatic carbocycles. The molecular weight excluding hydrogens is 350 g/mol. The van der Waals surface area contributed by atoms with Gasteiger partial charge in [-0.2, -0.15) is 0 Å². The number of nitrogens with one attached hydrogen (secondary N) is 1. The van der Waals surface area contributed by atoms with Crippen molar-refractivity contribution < 1.29 is 4.79 Å². The largest absolute Gasteiger partial charge is 0.349 e. The van der Waals surface area contributed by atoms with Crippen molar-refractivity contribution in [3.05, 3.63) is 58.9 Å². The van der Waals surface area contributed by atoms with Gasteiger partial charge in [0.2, 0.25) is 0 Å². The number of benzene rings is 1. The van der Waals surface area contributed by atoms with Gasteiger partial charge in [0.15, 0.2) is 0 Å². The average Bonchev–Trinajstić information content (AvgIpc) is 2.90. The highest BCUT2D eigenvalue weighted by atomic mass is 16.2. The molecular formula is C23H29N3O2. The Labute approximate surface area is 166 Å². The Morgan fingerprint density at radius 1 is 1.25 bits per heavy atom. The summed E-state index contributed by atoms with van der Waals surface area (Å²) in [7, 11) is 0. The second kappa shape index (κ2) is 7.55. The van der Waals surface area contributed by atoms with Crippen LogP contribution in [-0.4, -0.2) is 40.0 Å². The van der Waals surface area contributed by atoms with Gasteiger partial charge in [0.1, 0.15) is 5.56 Å². The Bertz CT molecular complexity index is 948. The number of pyridine rings is 1. The van der Waals surface area contributed by atoms with Crippen LogP contribution in [0.4, 0.5) is 0 Å². The molecule has 3 atom stereocenters. The van der Waals surface area contributed by atoms with Crippen molar-refractivity contribution in [2.75, 3.05) is 6.54 Å². The topological polar surface area (TPSA) is 54.3 Å².